The van der Waals surface area contributed by atoms with Gasteiger partial charge < -0.3 is 4.74 Å². The number of aromatic nitrogens is 1. The fraction of sp³-hybridized carbons (Fsp3) is 0.133. The van der Waals surface area contributed by atoms with E-state index in [1.54, 1.807) is 49.6 Å². The predicted octanol–water partition coefficient (Wildman–Crippen LogP) is 2.65. The Morgan fingerprint density at radius 3 is 3.00 bits per heavy atom. The zero-order chi connectivity index (χ0) is 15.1. The monoisotopic (exact) mass is 303 g/mol. The normalized spacial score (nSPS) is 12.1. The van der Waals surface area contributed by atoms with E-state index in [9.17, 15) is 4.79 Å². The van der Waals surface area contributed by atoms with Gasteiger partial charge in [-0.15, -0.1) is 0 Å². The molecule has 1 amide bonds. The SMILES string of the molecule is C[C@H](Oc1cccc(Cl)c1)C(=O)N/N=C\c1cccnc1. The van der Waals surface area contributed by atoms with E-state index in [-0.39, 0.29) is 5.91 Å². The molecule has 1 atom stereocenters. The zero-order valence-corrected chi connectivity index (χ0v) is 12.1. The quantitative estimate of drug-likeness (QED) is 0.682. The van der Waals surface area contributed by atoms with Crippen molar-refractivity contribution in [1.29, 1.82) is 0 Å². The number of halogens is 1. The van der Waals surface area contributed by atoms with Crippen LogP contribution >= 0.6 is 11.6 Å². The fourth-order valence-corrected chi connectivity index (χ4v) is 1.69. The standard InChI is InChI=1S/C15H14ClN3O2/c1-11(21-14-6-2-5-13(16)8-14)15(20)19-18-10-12-4-3-7-17-9-12/h2-11H,1H3,(H,19,20)/b18-10-/t11-/m0/s1. The Kier molecular flexibility index (Phi) is 5.29. The Morgan fingerprint density at radius 2 is 2.29 bits per heavy atom. The van der Waals surface area contributed by atoms with Crippen LogP contribution in [0.25, 0.3) is 0 Å². The third-order valence-corrected chi connectivity index (χ3v) is 2.79. The van der Waals surface area contributed by atoms with E-state index in [2.05, 4.69) is 15.5 Å². The molecular weight excluding hydrogens is 290 g/mol. The van der Waals surface area contributed by atoms with E-state index in [0.717, 1.165) is 5.56 Å². The molecule has 5 nitrogen and oxygen atoms in total. The largest absolute Gasteiger partial charge is 0.481 e. The van der Waals surface area contributed by atoms with Crippen molar-refractivity contribution in [1.82, 2.24) is 10.4 Å². The van der Waals surface area contributed by atoms with Gasteiger partial charge in [0, 0.05) is 23.0 Å². The molecule has 0 radical (unpaired) electrons. The van der Waals surface area contributed by atoms with E-state index in [0.29, 0.717) is 10.8 Å². The highest BCUT2D eigenvalue weighted by atomic mass is 35.5. The van der Waals surface area contributed by atoms with E-state index in [1.165, 1.54) is 6.21 Å². The predicted molar refractivity (Wildman–Crippen MR) is 81.5 cm³/mol. The van der Waals surface area contributed by atoms with Gasteiger partial charge in [0.05, 0.1) is 6.21 Å². The molecule has 0 fully saturated rings. The smallest absolute Gasteiger partial charge is 0.280 e. The minimum atomic E-state index is -0.686. The summed E-state index contributed by atoms with van der Waals surface area (Å²) in [6.07, 6.45) is 4.13. The van der Waals surface area contributed by atoms with Gasteiger partial charge in [-0.25, -0.2) is 5.43 Å². The number of nitrogens with zero attached hydrogens (tertiary/aromatic N) is 2. The van der Waals surface area contributed by atoms with Crippen LogP contribution in [0.2, 0.25) is 5.02 Å². The fourth-order valence-electron chi connectivity index (χ4n) is 1.51. The van der Waals surface area contributed by atoms with Gasteiger partial charge in [0.15, 0.2) is 6.10 Å². The van der Waals surface area contributed by atoms with Crippen molar-refractivity contribution in [2.24, 2.45) is 5.10 Å². The maximum Gasteiger partial charge on any atom is 0.280 e. The Morgan fingerprint density at radius 1 is 1.43 bits per heavy atom. The first-order chi connectivity index (χ1) is 10.1. The maximum absolute atomic E-state index is 11.8. The lowest BCUT2D eigenvalue weighted by Crippen LogP contribution is -2.33. The van der Waals surface area contributed by atoms with Crippen molar-refractivity contribution >= 4 is 23.7 Å². The second-order valence-electron chi connectivity index (χ2n) is 4.24. The maximum atomic E-state index is 11.8. The molecule has 108 valence electrons. The highest BCUT2D eigenvalue weighted by Crippen LogP contribution is 2.18. The van der Waals surface area contributed by atoms with Gasteiger partial charge in [-0.1, -0.05) is 23.7 Å². The number of hydrogen-bond donors (Lipinski definition) is 1. The average molecular weight is 304 g/mol. The molecule has 6 heteroatoms. The molecule has 0 aliphatic carbocycles. The highest BCUT2D eigenvalue weighted by Gasteiger charge is 2.13. The first kappa shape index (κ1) is 15.0. The van der Waals surface area contributed by atoms with Crippen LogP contribution in [0.5, 0.6) is 5.75 Å². The summed E-state index contributed by atoms with van der Waals surface area (Å²) in [4.78, 5) is 15.8. The molecule has 21 heavy (non-hydrogen) atoms. The molecule has 2 rings (SSSR count). The summed E-state index contributed by atoms with van der Waals surface area (Å²) < 4.78 is 5.48. The second-order valence-corrected chi connectivity index (χ2v) is 4.67. The summed E-state index contributed by atoms with van der Waals surface area (Å²) in [5.74, 6) is 0.177. The van der Waals surface area contributed by atoms with Gasteiger partial charge in [-0.3, -0.25) is 9.78 Å². The second kappa shape index (κ2) is 7.40. The summed E-state index contributed by atoms with van der Waals surface area (Å²) in [6, 6.07) is 10.5. The lowest BCUT2D eigenvalue weighted by molar-refractivity contribution is -0.127. The number of ether oxygens (including phenoxy) is 1. The Labute approximate surface area is 127 Å². The molecule has 1 N–H and O–H groups in total. The van der Waals surface area contributed by atoms with E-state index < -0.39 is 6.10 Å². The van der Waals surface area contributed by atoms with Crippen LogP contribution in [-0.4, -0.2) is 23.2 Å². The van der Waals surface area contributed by atoms with Gasteiger partial charge >= 0.3 is 0 Å². The number of carbonyl (C=O) groups excluding carboxylic acids is 1. The zero-order valence-electron chi connectivity index (χ0n) is 11.4. The molecule has 1 aromatic carbocycles. The van der Waals surface area contributed by atoms with Crippen molar-refractivity contribution in [3.8, 4) is 5.75 Å². The molecule has 0 unspecified atom stereocenters. The first-order valence-electron chi connectivity index (χ1n) is 6.30. The summed E-state index contributed by atoms with van der Waals surface area (Å²) >= 11 is 5.85. The first-order valence-corrected chi connectivity index (χ1v) is 6.68. The van der Waals surface area contributed by atoms with Crippen LogP contribution in [0.1, 0.15) is 12.5 Å². The number of carbonyl (C=O) groups is 1. The molecule has 0 aliphatic heterocycles. The van der Waals surface area contributed by atoms with Gasteiger partial charge in [-0.05, 0) is 31.2 Å². The van der Waals surface area contributed by atoms with Gasteiger partial charge in [0.25, 0.3) is 5.91 Å². The molecule has 1 heterocycles. The molecule has 0 bridgehead atoms. The van der Waals surface area contributed by atoms with Gasteiger partial charge in [0.1, 0.15) is 5.75 Å². The van der Waals surface area contributed by atoms with Gasteiger partial charge in [-0.2, -0.15) is 5.10 Å². The van der Waals surface area contributed by atoms with Crippen molar-refractivity contribution in [2.75, 3.05) is 0 Å². The molecule has 2 aromatic rings. The van der Waals surface area contributed by atoms with Crippen LogP contribution in [0.15, 0.2) is 53.9 Å². The minimum absolute atomic E-state index is 0.352. The Balaban J connectivity index is 1.87. The van der Waals surface area contributed by atoms with Crippen molar-refractivity contribution in [3.05, 3.63) is 59.4 Å². The van der Waals surface area contributed by atoms with Crippen LogP contribution in [0.3, 0.4) is 0 Å². The number of nitrogens with one attached hydrogen (secondary N) is 1. The van der Waals surface area contributed by atoms with Crippen LogP contribution < -0.4 is 10.2 Å². The third-order valence-electron chi connectivity index (χ3n) is 2.55. The lowest BCUT2D eigenvalue weighted by Gasteiger charge is -2.12. The number of rotatable bonds is 5. The average Bonchev–Trinajstić information content (AvgIpc) is 2.48. The molecule has 0 saturated carbocycles. The molecule has 0 spiro atoms. The van der Waals surface area contributed by atoms with E-state index >= 15 is 0 Å². The summed E-state index contributed by atoms with van der Waals surface area (Å²) in [5, 5.41) is 4.40. The highest BCUT2D eigenvalue weighted by molar-refractivity contribution is 6.30. The number of hydrogen-bond acceptors (Lipinski definition) is 4. The van der Waals surface area contributed by atoms with Gasteiger partial charge in [0.2, 0.25) is 0 Å². The molecule has 0 saturated heterocycles. The number of pyridine rings is 1. The summed E-state index contributed by atoms with van der Waals surface area (Å²) in [6.45, 7) is 1.63. The Hall–Kier alpha value is -2.40. The van der Waals surface area contributed by atoms with Crippen LogP contribution in [0, 0.1) is 0 Å². The van der Waals surface area contributed by atoms with Crippen molar-refractivity contribution in [2.45, 2.75) is 13.0 Å². The van der Waals surface area contributed by atoms with E-state index in [1.807, 2.05) is 6.07 Å². The van der Waals surface area contributed by atoms with Crippen molar-refractivity contribution in [3.63, 3.8) is 0 Å². The topological polar surface area (TPSA) is 63.6 Å². The summed E-state index contributed by atoms with van der Waals surface area (Å²) in [5.41, 5.74) is 3.20. The number of amides is 1. The minimum Gasteiger partial charge on any atom is -0.481 e. The van der Waals surface area contributed by atoms with E-state index in [4.69, 9.17) is 16.3 Å². The number of hydrazone groups is 1. The molecule has 0 aliphatic rings. The van der Waals surface area contributed by atoms with Crippen molar-refractivity contribution < 1.29 is 9.53 Å². The summed E-state index contributed by atoms with van der Waals surface area (Å²) in [7, 11) is 0. The lowest BCUT2D eigenvalue weighted by atomic mass is 10.3. The van der Waals surface area contributed by atoms with Crippen LogP contribution in [-0.2, 0) is 4.79 Å². The third kappa shape index (κ3) is 4.89. The molecular formula is C15H14ClN3O2. The van der Waals surface area contributed by atoms with Crippen LogP contribution in [0.4, 0.5) is 0 Å². The number of benzene rings is 1. The molecule has 1 aromatic heterocycles. The Bertz CT molecular complexity index is 632.